The maximum absolute atomic E-state index is 13.6. The highest BCUT2D eigenvalue weighted by atomic mass is 19.1. The van der Waals surface area contributed by atoms with Crippen molar-refractivity contribution in [2.75, 3.05) is 6.54 Å². The van der Waals surface area contributed by atoms with Crippen LogP contribution in [0, 0.1) is 11.7 Å². The first-order valence-corrected chi connectivity index (χ1v) is 6.54. The molecule has 1 unspecified atom stereocenters. The number of benzene rings is 1. The average molecular weight is 249 g/mol. The predicted octanol–water partition coefficient (Wildman–Crippen LogP) is 4.27. The maximum Gasteiger partial charge on any atom is 0.169 e. The number of nitrogens with one attached hydrogen (secondary N) is 1. The number of para-hydroxylation sites is 1. The van der Waals surface area contributed by atoms with Crippen molar-refractivity contribution in [1.29, 1.82) is 0 Å². The molecule has 0 bridgehead atoms. The van der Waals surface area contributed by atoms with Crippen LogP contribution in [0.5, 0.6) is 0 Å². The molecular formula is C15H20FNO. The van der Waals surface area contributed by atoms with Gasteiger partial charge in [0.2, 0.25) is 0 Å². The van der Waals surface area contributed by atoms with Gasteiger partial charge in [-0.2, -0.15) is 0 Å². The first-order valence-electron chi connectivity index (χ1n) is 6.54. The van der Waals surface area contributed by atoms with Crippen LogP contribution in [-0.4, -0.2) is 6.54 Å². The van der Waals surface area contributed by atoms with Crippen LogP contribution in [0.2, 0.25) is 0 Å². The molecule has 0 aliphatic heterocycles. The molecule has 0 spiro atoms. The summed E-state index contributed by atoms with van der Waals surface area (Å²) in [7, 11) is 0. The third kappa shape index (κ3) is 2.56. The van der Waals surface area contributed by atoms with Crippen molar-refractivity contribution >= 4 is 11.0 Å². The summed E-state index contributed by atoms with van der Waals surface area (Å²) in [6, 6.07) is 7.09. The number of halogens is 1. The Morgan fingerprint density at radius 2 is 2.11 bits per heavy atom. The Morgan fingerprint density at radius 3 is 2.72 bits per heavy atom. The van der Waals surface area contributed by atoms with E-state index in [0.29, 0.717) is 11.5 Å². The van der Waals surface area contributed by atoms with Crippen molar-refractivity contribution in [3.8, 4) is 0 Å². The highest BCUT2D eigenvalue weighted by molar-refractivity contribution is 5.78. The predicted molar refractivity (Wildman–Crippen MR) is 72.0 cm³/mol. The molecule has 2 rings (SSSR count). The zero-order valence-corrected chi connectivity index (χ0v) is 11.2. The van der Waals surface area contributed by atoms with E-state index in [9.17, 15) is 4.39 Å². The van der Waals surface area contributed by atoms with Crippen molar-refractivity contribution in [1.82, 2.24) is 5.32 Å². The standard InChI is InChI=1S/C15H20FNO/c1-4-8-17-14(10(2)3)13-9-11-6-5-7-12(16)15(11)18-13/h5-7,9-10,14,17H,4,8H2,1-3H3. The van der Waals surface area contributed by atoms with Crippen LogP contribution in [0.3, 0.4) is 0 Å². The van der Waals surface area contributed by atoms with Crippen LogP contribution in [0.1, 0.15) is 39.0 Å². The van der Waals surface area contributed by atoms with E-state index in [1.165, 1.54) is 6.07 Å². The summed E-state index contributed by atoms with van der Waals surface area (Å²) in [5.41, 5.74) is 0.358. The lowest BCUT2D eigenvalue weighted by atomic mass is 10.0. The fourth-order valence-corrected chi connectivity index (χ4v) is 2.17. The smallest absolute Gasteiger partial charge is 0.169 e. The lowest BCUT2D eigenvalue weighted by Gasteiger charge is -2.19. The Hall–Kier alpha value is -1.35. The first kappa shape index (κ1) is 13.1. The van der Waals surface area contributed by atoms with Crippen molar-refractivity contribution in [3.63, 3.8) is 0 Å². The highest BCUT2D eigenvalue weighted by Gasteiger charge is 2.20. The summed E-state index contributed by atoms with van der Waals surface area (Å²) >= 11 is 0. The second kappa shape index (κ2) is 5.53. The summed E-state index contributed by atoms with van der Waals surface area (Å²) in [4.78, 5) is 0. The molecule has 0 amide bonds. The number of fused-ring (bicyclic) bond motifs is 1. The van der Waals surface area contributed by atoms with Crippen LogP contribution >= 0.6 is 0 Å². The van der Waals surface area contributed by atoms with Crippen molar-refractivity contribution < 1.29 is 8.81 Å². The Kier molecular flexibility index (Phi) is 4.02. The molecule has 1 atom stereocenters. The summed E-state index contributed by atoms with van der Waals surface area (Å²) in [6.45, 7) is 7.33. The van der Waals surface area contributed by atoms with E-state index in [2.05, 4.69) is 26.1 Å². The van der Waals surface area contributed by atoms with Gasteiger partial charge in [0.1, 0.15) is 5.76 Å². The second-order valence-corrected chi connectivity index (χ2v) is 4.98. The van der Waals surface area contributed by atoms with Gasteiger partial charge in [0.15, 0.2) is 11.4 Å². The average Bonchev–Trinajstić information content (AvgIpc) is 2.74. The molecule has 1 aromatic heterocycles. The fourth-order valence-electron chi connectivity index (χ4n) is 2.17. The van der Waals surface area contributed by atoms with Gasteiger partial charge in [-0.3, -0.25) is 0 Å². The van der Waals surface area contributed by atoms with E-state index in [1.54, 1.807) is 6.07 Å². The molecule has 0 fully saturated rings. The van der Waals surface area contributed by atoms with Crippen LogP contribution in [0.25, 0.3) is 11.0 Å². The van der Waals surface area contributed by atoms with Gasteiger partial charge in [-0.15, -0.1) is 0 Å². The van der Waals surface area contributed by atoms with E-state index >= 15 is 0 Å². The van der Waals surface area contributed by atoms with E-state index < -0.39 is 0 Å². The van der Waals surface area contributed by atoms with Crippen LogP contribution in [0.15, 0.2) is 28.7 Å². The quantitative estimate of drug-likeness (QED) is 0.856. The van der Waals surface area contributed by atoms with Crippen molar-refractivity contribution in [3.05, 3.63) is 35.8 Å². The Balaban J connectivity index is 2.35. The Bertz CT molecular complexity index is 518. The molecule has 0 aliphatic rings. The first-order chi connectivity index (χ1) is 8.63. The van der Waals surface area contributed by atoms with Gasteiger partial charge >= 0.3 is 0 Å². The lowest BCUT2D eigenvalue weighted by molar-refractivity contribution is 0.349. The second-order valence-electron chi connectivity index (χ2n) is 4.98. The summed E-state index contributed by atoms with van der Waals surface area (Å²) in [5, 5.41) is 4.28. The van der Waals surface area contributed by atoms with Crippen molar-refractivity contribution in [2.45, 2.75) is 33.2 Å². The molecule has 2 nitrogen and oxygen atoms in total. The SMILES string of the molecule is CCCNC(c1cc2cccc(F)c2o1)C(C)C. The zero-order chi connectivity index (χ0) is 13.1. The minimum absolute atomic E-state index is 0.136. The summed E-state index contributed by atoms with van der Waals surface area (Å²) in [6.07, 6.45) is 1.07. The Morgan fingerprint density at radius 1 is 1.33 bits per heavy atom. The number of hydrogen-bond acceptors (Lipinski definition) is 2. The third-order valence-corrected chi connectivity index (χ3v) is 3.10. The van der Waals surface area contributed by atoms with Crippen molar-refractivity contribution in [2.24, 2.45) is 5.92 Å². The van der Waals surface area contributed by atoms with E-state index in [4.69, 9.17) is 4.42 Å². The van der Waals surface area contributed by atoms with Gasteiger partial charge < -0.3 is 9.73 Å². The molecule has 1 aromatic carbocycles. The fraction of sp³-hybridized carbons (Fsp3) is 0.467. The normalized spacial score (nSPS) is 13.4. The van der Waals surface area contributed by atoms with Gasteiger partial charge in [0.05, 0.1) is 6.04 Å². The molecule has 3 heteroatoms. The summed E-state index contributed by atoms with van der Waals surface area (Å²) < 4.78 is 19.3. The van der Waals surface area contributed by atoms with Gasteiger partial charge in [-0.1, -0.05) is 32.9 Å². The zero-order valence-electron chi connectivity index (χ0n) is 11.2. The minimum Gasteiger partial charge on any atom is -0.456 e. The molecular weight excluding hydrogens is 229 g/mol. The van der Waals surface area contributed by atoms with E-state index in [1.807, 2.05) is 12.1 Å². The number of rotatable bonds is 5. The van der Waals surface area contributed by atoms with Crippen LogP contribution < -0.4 is 5.32 Å². The molecule has 0 saturated heterocycles. The van der Waals surface area contributed by atoms with Gasteiger partial charge in [-0.05, 0) is 31.0 Å². The monoisotopic (exact) mass is 249 g/mol. The van der Waals surface area contributed by atoms with Crippen LogP contribution in [0.4, 0.5) is 4.39 Å². The number of hydrogen-bond donors (Lipinski definition) is 1. The lowest BCUT2D eigenvalue weighted by Crippen LogP contribution is -2.25. The molecule has 1 N–H and O–H groups in total. The third-order valence-electron chi connectivity index (χ3n) is 3.10. The van der Waals surface area contributed by atoms with Crippen LogP contribution in [-0.2, 0) is 0 Å². The highest BCUT2D eigenvalue weighted by Crippen LogP contribution is 2.29. The molecule has 18 heavy (non-hydrogen) atoms. The molecule has 98 valence electrons. The topological polar surface area (TPSA) is 25.2 Å². The molecule has 1 heterocycles. The van der Waals surface area contributed by atoms with E-state index in [0.717, 1.165) is 24.1 Å². The largest absolute Gasteiger partial charge is 0.456 e. The van der Waals surface area contributed by atoms with Gasteiger partial charge in [0, 0.05) is 5.39 Å². The molecule has 0 radical (unpaired) electrons. The molecule has 2 aromatic rings. The van der Waals surface area contributed by atoms with E-state index in [-0.39, 0.29) is 11.9 Å². The van der Waals surface area contributed by atoms with Gasteiger partial charge in [-0.25, -0.2) is 4.39 Å². The van der Waals surface area contributed by atoms with Gasteiger partial charge in [0.25, 0.3) is 0 Å². The minimum atomic E-state index is -0.295. The molecule has 0 saturated carbocycles. The molecule has 0 aliphatic carbocycles. The number of furan rings is 1. The summed E-state index contributed by atoms with van der Waals surface area (Å²) in [5.74, 6) is 0.926. The maximum atomic E-state index is 13.6. The Labute approximate surface area is 107 Å².